The number of hydrogen-bond donors (Lipinski definition) is 1. The first-order valence-electron chi connectivity index (χ1n) is 4.53. The molecule has 2 heterocycles. The van der Waals surface area contributed by atoms with Gasteiger partial charge < -0.3 is 20.1 Å². The number of hydrogen-bond acceptors (Lipinski definition) is 6. The maximum atomic E-state index is 11.0. The predicted octanol–water partition coefficient (Wildman–Crippen LogP) is 0.825. The van der Waals surface area contributed by atoms with E-state index in [-0.39, 0.29) is 18.2 Å². The van der Waals surface area contributed by atoms with E-state index in [0.717, 1.165) is 0 Å². The van der Waals surface area contributed by atoms with E-state index in [1.165, 1.54) is 33.9 Å². The Morgan fingerprint density at radius 2 is 2.47 bits per heavy atom. The van der Waals surface area contributed by atoms with E-state index in [1.807, 2.05) is 0 Å². The summed E-state index contributed by atoms with van der Waals surface area (Å²) in [6.45, 7) is -0.342. The van der Waals surface area contributed by atoms with Crippen molar-refractivity contribution in [1.82, 2.24) is 9.38 Å². The summed E-state index contributed by atoms with van der Waals surface area (Å²) in [5.74, 6) is -1.23. The molecule has 0 atom stereocenters. The summed E-state index contributed by atoms with van der Waals surface area (Å²) in [6, 6.07) is 0. The van der Waals surface area contributed by atoms with Crippen LogP contribution in [0.25, 0.3) is 4.96 Å². The summed E-state index contributed by atoms with van der Waals surface area (Å²) in [7, 11) is 1.45. The smallest absolute Gasteiger partial charge is 0.373 e. The number of carboxylic acids is 1. The van der Waals surface area contributed by atoms with Crippen molar-refractivity contribution in [3.8, 4) is 0 Å². The largest absolute Gasteiger partial charge is 0.480 e. The van der Waals surface area contributed by atoms with Gasteiger partial charge in [-0.25, -0.2) is 0 Å². The summed E-state index contributed by atoms with van der Waals surface area (Å²) in [6.07, 6.45) is 1.53. The molecule has 0 saturated heterocycles. The standard InChI is InChI=1S/C8H8N4O4S/c1-10(4-5(13)14)6-7(12(15)16)11-2-3-17-8(11)9-6/h2-3H,4H2,1H3,(H,13,14). The lowest BCUT2D eigenvalue weighted by Gasteiger charge is -2.12. The summed E-state index contributed by atoms with van der Waals surface area (Å²) < 4.78 is 1.33. The molecule has 2 rings (SSSR count). The number of rotatable bonds is 4. The minimum Gasteiger partial charge on any atom is -0.480 e. The zero-order valence-electron chi connectivity index (χ0n) is 8.73. The number of thiazole rings is 1. The number of carboxylic acid groups (broad SMARTS) is 1. The molecule has 0 spiro atoms. The fourth-order valence-corrected chi connectivity index (χ4v) is 2.17. The summed E-state index contributed by atoms with van der Waals surface area (Å²) in [5.41, 5.74) is 0. The molecule has 2 aromatic rings. The molecule has 9 heteroatoms. The van der Waals surface area contributed by atoms with Crippen LogP contribution in [0, 0.1) is 10.1 Å². The first-order chi connectivity index (χ1) is 8.00. The second-order valence-electron chi connectivity index (χ2n) is 3.32. The minimum absolute atomic E-state index is 0.0595. The quantitative estimate of drug-likeness (QED) is 0.642. The number of nitrogens with zero attached hydrogens (tertiary/aromatic N) is 4. The molecule has 0 aliphatic rings. The van der Waals surface area contributed by atoms with Crippen LogP contribution in [0.5, 0.6) is 0 Å². The molecule has 8 nitrogen and oxygen atoms in total. The lowest BCUT2D eigenvalue weighted by atomic mass is 10.5. The third-order valence-electron chi connectivity index (χ3n) is 2.13. The van der Waals surface area contributed by atoms with Gasteiger partial charge in [0.15, 0.2) is 0 Å². The van der Waals surface area contributed by atoms with Crippen LogP contribution in [0.3, 0.4) is 0 Å². The third-order valence-corrected chi connectivity index (χ3v) is 2.88. The van der Waals surface area contributed by atoms with Gasteiger partial charge in [0, 0.05) is 12.4 Å². The topological polar surface area (TPSA) is 101 Å². The van der Waals surface area contributed by atoms with E-state index < -0.39 is 10.9 Å². The van der Waals surface area contributed by atoms with Gasteiger partial charge in [0.25, 0.3) is 4.96 Å². The van der Waals surface area contributed by atoms with Gasteiger partial charge in [-0.15, -0.1) is 0 Å². The average molecular weight is 256 g/mol. The number of anilines is 1. The molecule has 90 valence electrons. The molecule has 0 aliphatic carbocycles. The Bertz CT molecular complexity index is 589. The first kappa shape index (κ1) is 11.3. The first-order valence-corrected chi connectivity index (χ1v) is 5.41. The van der Waals surface area contributed by atoms with Crippen molar-refractivity contribution in [1.29, 1.82) is 0 Å². The zero-order chi connectivity index (χ0) is 12.6. The second kappa shape index (κ2) is 4.01. The molecule has 0 fully saturated rings. The highest BCUT2D eigenvalue weighted by molar-refractivity contribution is 7.15. The Labute approximate surface area is 98.9 Å². The number of nitro groups is 1. The van der Waals surface area contributed by atoms with E-state index >= 15 is 0 Å². The van der Waals surface area contributed by atoms with E-state index in [0.29, 0.717) is 4.96 Å². The number of carbonyl (C=O) groups is 1. The molecule has 0 amide bonds. The van der Waals surface area contributed by atoms with Crippen molar-refractivity contribution in [3.05, 3.63) is 21.7 Å². The highest BCUT2D eigenvalue weighted by Crippen LogP contribution is 2.30. The zero-order valence-corrected chi connectivity index (χ0v) is 9.55. The minimum atomic E-state index is -1.07. The fourth-order valence-electron chi connectivity index (χ4n) is 1.47. The van der Waals surface area contributed by atoms with Crippen LogP contribution in [-0.4, -0.2) is 39.0 Å². The van der Waals surface area contributed by atoms with Gasteiger partial charge in [0.05, 0.1) is 0 Å². The molecule has 17 heavy (non-hydrogen) atoms. The van der Waals surface area contributed by atoms with Gasteiger partial charge in [-0.2, -0.15) is 9.38 Å². The van der Waals surface area contributed by atoms with Crippen LogP contribution < -0.4 is 4.90 Å². The Morgan fingerprint density at radius 1 is 1.76 bits per heavy atom. The summed E-state index contributed by atoms with van der Waals surface area (Å²) in [4.78, 5) is 26.7. The molecule has 0 aromatic carbocycles. The Balaban J connectivity index is 2.52. The molecule has 0 radical (unpaired) electrons. The number of aliphatic carboxylic acids is 1. The maximum absolute atomic E-state index is 11.0. The summed E-state index contributed by atoms with van der Waals surface area (Å²) in [5, 5.41) is 21.3. The van der Waals surface area contributed by atoms with E-state index in [1.54, 1.807) is 5.38 Å². The van der Waals surface area contributed by atoms with Crippen molar-refractivity contribution in [2.45, 2.75) is 0 Å². The van der Waals surface area contributed by atoms with Gasteiger partial charge in [0.1, 0.15) is 12.7 Å². The number of fused-ring (bicyclic) bond motifs is 1. The van der Waals surface area contributed by atoms with E-state index in [4.69, 9.17) is 5.11 Å². The van der Waals surface area contributed by atoms with Crippen molar-refractivity contribution in [2.75, 3.05) is 18.5 Å². The molecule has 0 unspecified atom stereocenters. The predicted molar refractivity (Wildman–Crippen MR) is 60.6 cm³/mol. The van der Waals surface area contributed by atoms with Crippen LogP contribution in [0.15, 0.2) is 11.6 Å². The maximum Gasteiger partial charge on any atom is 0.373 e. The molecular formula is C8H8N4O4S. The Hall–Kier alpha value is -2.16. The Kier molecular flexibility index (Phi) is 2.68. The van der Waals surface area contributed by atoms with Crippen molar-refractivity contribution in [2.24, 2.45) is 0 Å². The number of likely N-dealkylation sites (N-methyl/N-ethyl adjacent to an activating group) is 1. The lowest BCUT2D eigenvalue weighted by Crippen LogP contribution is -2.26. The fraction of sp³-hybridized carbons (Fsp3) is 0.250. The van der Waals surface area contributed by atoms with Gasteiger partial charge in [-0.3, -0.25) is 4.79 Å². The van der Waals surface area contributed by atoms with E-state index in [2.05, 4.69) is 4.98 Å². The van der Waals surface area contributed by atoms with Crippen LogP contribution in [0.2, 0.25) is 0 Å². The lowest BCUT2D eigenvalue weighted by molar-refractivity contribution is -0.389. The molecule has 2 aromatic heterocycles. The summed E-state index contributed by atoms with van der Waals surface area (Å²) >= 11 is 1.25. The second-order valence-corrected chi connectivity index (χ2v) is 4.19. The van der Waals surface area contributed by atoms with E-state index in [9.17, 15) is 14.9 Å². The van der Waals surface area contributed by atoms with Crippen molar-refractivity contribution < 1.29 is 14.8 Å². The molecule has 0 bridgehead atoms. The van der Waals surface area contributed by atoms with Crippen LogP contribution in [-0.2, 0) is 4.79 Å². The third kappa shape index (κ3) is 1.91. The van der Waals surface area contributed by atoms with Crippen LogP contribution >= 0.6 is 11.3 Å². The highest BCUT2D eigenvalue weighted by atomic mass is 32.1. The molecule has 0 aliphatic heterocycles. The van der Waals surface area contributed by atoms with Crippen LogP contribution in [0.1, 0.15) is 0 Å². The average Bonchev–Trinajstić information content (AvgIpc) is 2.72. The SMILES string of the molecule is CN(CC(=O)O)c1nc2sccn2c1[N+](=O)[O-]. The van der Waals surface area contributed by atoms with Gasteiger partial charge >= 0.3 is 11.8 Å². The number of imidazole rings is 1. The molecule has 0 saturated carbocycles. The normalized spacial score (nSPS) is 10.6. The van der Waals surface area contributed by atoms with Crippen molar-refractivity contribution >= 4 is 33.9 Å². The monoisotopic (exact) mass is 256 g/mol. The molecular weight excluding hydrogens is 248 g/mol. The Morgan fingerprint density at radius 3 is 3.06 bits per heavy atom. The van der Waals surface area contributed by atoms with Gasteiger partial charge in [0.2, 0.25) is 5.82 Å². The van der Waals surface area contributed by atoms with Gasteiger partial charge in [-0.05, 0) is 4.92 Å². The molecule has 1 N–H and O–H groups in total. The number of aromatic nitrogens is 2. The highest BCUT2D eigenvalue weighted by Gasteiger charge is 2.26. The van der Waals surface area contributed by atoms with Crippen LogP contribution in [0.4, 0.5) is 11.6 Å². The van der Waals surface area contributed by atoms with Crippen molar-refractivity contribution in [3.63, 3.8) is 0 Å². The van der Waals surface area contributed by atoms with Gasteiger partial charge in [-0.1, -0.05) is 11.3 Å².